The third-order valence-electron chi connectivity index (χ3n) is 7.68. The number of carbonyl (C=O) groups is 1. The Balaban J connectivity index is 0. The number of halogens is 1. The van der Waals surface area contributed by atoms with Gasteiger partial charge in [-0.05, 0) is 87.0 Å². The third kappa shape index (κ3) is 23.7. The summed E-state index contributed by atoms with van der Waals surface area (Å²) in [6.07, 6.45) is 15.0. The highest BCUT2D eigenvalue weighted by molar-refractivity contribution is 9.10. The number of aryl methyl sites for hydroxylation is 2. The van der Waals surface area contributed by atoms with E-state index in [2.05, 4.69) is 82.4 Å². The SMILES string of the molecule is Brc1ccccc1.CC.CC(C)C.CCC(C)C(=O)c1nc2cc3c(nc2s1)CCCC3.CCCC(O)CCC(C)CC.CCCCC. The van der Waals surface area contributed by atoms with Crippen LogP contribution in [0.1, 0.15) is 175 Å². The van der Waals surface area contributed by atoms with Crippen LogP contribution in [0.2, 0.25) is 0 Å². The molecule has 0 radical (unpaired) electrons. The Morgan fingerprint density at radius 3 is 1.88 bits per heavy atom. The number of benzene rings is 1. The van der Waals surface area contributed by atoms with Crippen molar-refractivity contribution in [3.05, 3.63) is 57.1 Å². The fourth-order valence-corrected chi connectivity index (χ4v) is 5.71. The average Bonchev–Trinajstić information content (AvgIpc) is 3.50. The third-order valence-corrected chi connectivity index (χ3v) is 9.19. The number of aromatic nitrogens is 2. The van der Waals surface area contributed by atoms with Gasteiger partial charge in [0, 0.05) is 16.1 Å². The van der Waals surface area contributed by atoms with Crippen molar-refractivity contribution in [2.45, 2.75) is 173 Å². The molecule has 2 aromatic heterocycles. The number of fused-ring (bicyclic) bond motifs is 2. The van der Waals surface area contributed by atoms with Gasteiger partial charge in [0.2, 0.25) is 0 Å². The minimum absolute atomic E-state index is 0.0472. The lowest BCUT2D eigenvalue weighted by Crippen LogP contribution is -2.09. The fraction of sp³-hybridized carbons (Fsp3) is 0.690. The van der Waals surface area contributed by atoms with E-state index in [9.17, 15) is 9.90 Å². The van der Waals surface area contributed by atoms with Crippen molar-refractivity contribution in [3.63, 3.8) is 0 Å². The van der Waals surface area contributed by atoms with Gasteiger partial charge in [-0.3, -0.25) is 4.79 Å². The molecule has 0 amide bonds. The van der Waals surface area contributed by atoms with Gasteiger partial charge in [0.25, 0.3) is 0 Å². The van der Waals surface area contributed by atoms with Crippen LogP contribution in [-0.4, -0.2) is 27.0 Å². The minimum atomic E-state index is -0.0472. The molecule has 1 aromatic carbocycles. The van der Waals surface area contributed by atoms with E-state index in [0.29, 0.717) is 5.01 Å². The summed E-state index contributed by atoms with van der Waals surface area (Å²) in [7, 11) is 0. The number of thiazole rings is 1. The smallest absolute Gasteiger partial charge is 0.194 e. The molecule has 3 unspecified atom stereocenters. The van der Waals surface area contributed by atoms with Gasteiger partial charge in [0.05, 0.1) is 6.10 Å². The molecule has 1 aliphatic rings. The Bertz CT molecular complexity index is 1120. The van der Waals surface area contributed by atoms with Gasteiger partial charge in [-0.25, -0.2) is 9.97 Å². The van der Waals surface area contributed by atoms with Crippen LogP contribution >= 0.6 is 27.3 Å². The van der Waals surface area contributed by atoms with E-state index in [1.807, 2.05) is 58.0 Å². The van der Waals surface area contributed by atoms with Crippen LogP contribution in [0, 0.1) is 17.8 Å². The molecule has 0 fully saturated rings. The topological polar surface area (TPSA) is 63.1 Å². The van der Waals surface area contributed by atoms with Crippen LogP contribution in [0.4, 0.5) is 0 Å². The summed E-state index contributed by atoms with van der Waals surface area (Å²) in [5, 5.41) is 10.0. The first-order valence-corrected chi connectivity index (χ1v) is 20.8. The molecule has 0 saturated carbocycles. The van der Waals surface area contributed by atoms with Crippen LogP contribution in [0.3, 0.4) is 0 Å². The Hall–Kier alpha value is -1.63. The largest absolute Gasteiger partial charge is 0.393 e. The second-order valence-corrected chi connectivity index (χ2v) is 15.1. The molecule has 48 heavy (non-hydrogen) atoms. The Morgan fingerprint density at radius 2 is 1.42 bits per heavy atom. The van der Waals surface area contributed by atoms with Crippen LogP contribution in [0.25, 0.3) is 10.3 Å². The molecule has 0 aliphatic heterocycles. The lowest BCUT2D eigenvalue weighted by Gasteiger charge is -2.13. The van der Waals surface area contributed by atoms with E-state index in [-0.39, 0.29) is 17.8 Å². The number of hydrogen-bond acceptors (Lipinski definition) is 5. The molecule has 1 aliphatic carbocycles. The molecule has 0 bridgehead atoms. The maximum Gasteiger partial charge on any atom is 0.194 e. The fourth-order valence-electron chi connectivity index (χ4n) is 4.41. The summed E-state index contributed by atoms with van der Waals surface area (Å²) >= 11 is 4.76. The molecule has 3 aromatic rings. The minimum Gasteiger partial charge on any atom is -0.393 e. The number of ketones is 1. The van der Waals surface area contributed by atoms with E-state index in [0.717, 1.165) is 65.2 Å². The molecule has 6 heteroatoms. The Labute approximate surface area is 309 Å². The summed E-state index contributed by atoms with van der Waals surface area (Å²) in [5.41, 5.74) is 3.44. The zero-order valence-electron chi connectivity index (χ0n) is 33.0. The molecule has 4 nitrogen and oxygen atoms in total. The number of hydrogen-bond donors (Lipinski definition) is 1. The van der Waals surface area contributed by atoms with E-state index < -0.39 is 0 Å². The Morgan fingerprint density at radius 1 is 0.833 bits per heavy atom. The molecular weight excluding hydrogens is 676 g/mol. The van der Waals surface area contributed by atoms with E-state index in [4.69, 9.17) is 4.98 Å². The summed E-state index contributed by atoms with van der Waals surface area (Å²) in [6.45, 7) is 25.5. The van der Waals surface area contributed by atoms with Crippen LogP contribution in [-0.2, 0) is 12.8 Å². The van der Waals surface area contributed by atoms with E-state index >= 15 is 0 Å². The highest BCUT2D eigenvalue weighted by Crippen LogP contribution is 2.28. The maximum atomic E-state index is 12.2. The quantitative estimate of drug-likeness (QED) is 0.198. The molecule has 1 N–H and O–H groups in total. The monoisotopic (exact) mass is 748 g/mol. The summed E-state index contributed by atoms with van der Waals surface area (Å²) < 4.78 is 1.13. The highest BCUT2D eigenvalue weighted by Gasteiger charge is 2.20. The van der Waals surface area contributed by atoms with Crippen molar-refractivity contribution in [2.75, 3.05) is 0 Å². The number of carbonyl (C=O) groups excluding carboxylic acids is 1. The molecular formula is C42H73BrN2O2S. The number of pyridine rings is 1. The van der Waals surface area contributed by atoms with Gasteiger partial charge in [-0.15, -0.1) is 0 Å². The van der Waals surface area contributed by atoms with E-state index in [1.165, 1.54) is 67.5 Å². The second kappa shape index (κ2) is 31.4. The number of Topliss-reactive ketones (excluding diaryl/α,β-unsaturated/α-hetero) is 1. The lowest BCUT2D eigenvalue weighted by atomic mass is 9.96. The molecule has 276 valence electrons. The molecule has 4 rings (SSSR count). The van der Waals surface area contributed by atoms with Gasteiger partial charge in [0.1, 0.15) is 10.3 Å². The number of unbranched alkanes of at least 4 members (excludes halogenated alkanes) is 2. The summed E-state index contributed by atoms with van der Waals surface area (Å²) in [5.74, 6) is 1.82. The highest BCUT2D eigenvalue weighted by atomic mass is 79.9. The first-order chi connectivity index (χ1) is 22.9. The van der Waals surface area contributed by atoms with Crippen molar-refractivity contribution in [1.82, 2.24) is 9.97 Å². The van der Waals surface area contributed by atoms with Crippen LogP contribution < -0.4 is 0 Å². The number of nitrogens with zero attached hydrogens (tertiary/aromatic N) is 2. The second-order valence-electron chi connectivity index (χ2n) is 13.2. The first-order valence-electron chi connectivity index (χ1n) is 19.2. The van der Waals surface area contributed by atoms with Crippen molar-refractivity contribution >= 4 is 43.4 Å². The zero-order valence-corrected chi connectivity index (χ0v) is 35.4. The van der Waals surface area contributed by atoms with Gasteiger partial charge in [-0.2, -0.15) is 0 Å². The van der Waals surface area contributed by atoms with Crippen molar-refractivity contribution in [3.8, 4) is 0 Å². The predicted octanol–water partition coefficient (Wildman–Crippen LogP) is 14.1. The summed E-state index contributed by atoms with van der Waals surface area (Å²) in [6, 6.07) is 12.1. The first kappa shape index (κ1) is 48.5. The average molecular weight is 750 g/mol. The van der Waals surface area contributed by atoms with Crippen molar-refractivity contribution in [1.29, 1.82) is 0 Å². The van der Waals surface area contributed by atoms with Gasteiger partial charge >= 0.3 is 0 Å². The Kier molecular flexibility index (Phi) is 31.7. The zero-order chi connectivity index (χ0) is 36.9. The molecule has 0 saturated heterocycles. The predicted molar refractivity (Wildman–Crippen MR) is 219 cm³/mol. The van der Waals surface area contributed by atoms with Crippen LogP contribution in [0.15, 0.2) is 40.9 Å². The van der Waals surface area contributed by atoms with E-state index in [1.54, 1.807) is 0 Å². The number of aliphatic hydroxyl groups excluding tert-OH is 1. The number of rotatable bonds is 11. The standard InChI is InChI=1S/C15H18N2OS.C10H22O.C6H5Br.C5H12.C4H10.C2H6/c1-3-9(2)13(18)15-17-12-8-10-6-4-5-7-11(10)16-14(12)19-15;1-4-6-10(11)8-7-9(3)5-2;7-6-4-2-1-3-5-6;1-3-5-4-2;1-4(2)3;1-2/h8-9H,3-7H2,1-2H3;9-11H,4-8H2,1-3H3;1-5H;3-5H2,1-2H3;4H,1-3H3;1-2H3. The van der Waals surface area contributed by atoms with Crippen LogP contribution in [0.5, 0.6) is 0 Å². The molecule has 3 atom stereocenters. The van der Waals surface area contributed by atoms with Gasteiger partial charge in [-0.1, -0.05) is 161 Å². The normalized spacial score (nSPS) is 13.2. The summed E-state index contributed by atoms with van der Waals surface area (Å²) in [4.78, 5) is 22.3. The molecule has 0 spiro atoms. The van der Waals surface area contributed by atoms with Crippen molar-refractivity contribution < 1.29 is 9.90 Å². The molecule has 2 heterocycles. The van der Waals surface area contributed by atoms with Crippen molar-refractivity contribution in [2.24, 2.45) is 17.8 Å². The van der Waals surface area contributed by atoms with Gasteiger partial charge in [0.15, 0.2) is 10.8 Å². The lowest BCUT2D eigenvalue weighted by molar-refractivity contribution is 0.0927. The maximum absolute atomic E-state index is 12.2. The number of aliphatic hydroxyl groups is 1. The van der Waals surface area contributed by atoms with Gasteiger partial charge < -0.3 is 5.11 Å².